The highest BCUT2D eigenvalue weighted by Gasteiger charge is 2.38. The van der Waals surface area contributed by atoms with Gasteiger partial charge in [-0.1, -0.05) is 31.0 Å². The van der Waals surface area contributed by atoms with E-state index in [9.17, 15) is 26.4 Å². The molecule has 0 radical (unpaired) electrons. The molecular weight excluding hydrogens is 525 g/mol. The van der Waals surface area contributed by atoms with Gasteiger partial charge in [-0.25, -0.2) is 13.2 Å². The zero-order valence-corrected chi connectivity index (χ0v) is 21.5. The van der Waals surface area contributed by atoms with E-state index in [1.165, 1.54) is 0 Å². The monoisotopic (exact) mass is 556 g/mol. The van der Waals surface area contributed by atoms with Crippen LogP contribution in [-0.4, -0.2) is 75.7 Å². The molecule has 2 heterocycles. The number of sulfonamides is 1. The van der Waals surface area contributed by atoms with Gasteiger partial charge in [0.25, 0.3) is 15.9 Å². The third-order valence-corrected chi connectivity index (χ3v) is 7.52. The Morgan fingerprint density at radius 1 is 0.895 bits per heavy atom. The number of carbonyl (C=O) groups is 2. The lowest BCUT2D eigenvalue weighted by atomic mass is 10.1. The lowest BCUT2D eigenvalue weighted by Gasteiger charge is -2.31. The van der Waals surface area contributed by atoms with Crippen LogP contribution < -0.4 is 14.9 Å². The molecule has 2 aliphatic rings. The molecule has 0 aliphatic carbocycles. The van der Waals surface area contributed by atoms with Crippen molar-refractivity contribution in [3.63, 3.8) is 0 Å². The van der Waals surface area contributed by atoms with Gasteiger partial charge >= 0.3 is 12.1 Å². The molecule has 208 valence electrons. The highest BCUT2D eigenvalue weighted by Crippen LogP contribution is 2.30. The van der Waals surface area contributed by atoms with E-state index in [1.807, 2.05) is 17.0 Å². The summed E-state index contributed by atoms with van der Waals surface area (Å²) in [5.74, 6) is -2.79. The summed E-state index contributed by atoms with van der Waals surface area (Å²) in [6, 6.07) is 13.7. The fourth-order valence-electron chi connectivity index (χ4n) is 4.19. The predicted molar refractivity (Wildman–Crippen MR) is 137 cm³/mol. The summed E-state index contributed by atoms with van der Waals surface area (Å²) in [5, 5.41) is 10.4. The molecule has 2 aromatic carbocycles. The standard InChI is InChI=1S/C23H30N4O3S.C2HF3O2/c28-23(27-14-6-1-2-7-15-27)19-10-11-22(26-16-12-24-13-17-26)21(18-19)25-31(29,30)20-8-4-3-5-9-20;3-2(4,5)1(6)7/h3-5,8-11,18,24-25H,1-2,6-7,12-17H2;(H,6,7). The summed E-state index contributed by atoms with van der Waals surface area (Å²) >= 11 is 0. The molecule has 0 bridgehead atoms. The first-order valence-electron chi connectivity index (χ1n) is 12.3. The molecule has 0 unspecified atom stereocenters. The van der Waals surface area contributed by atoms with Crippen molar-refractivity contribution in [1.82, 2.24) is 10.2 Å². The molecule has 1 amide bonds. The van der Waals surface area contributed by atoms with E-state index in [-0.39, 0.29) is 10.8 Å². The Hall–Kier alpha value is -3.32. The second kappa shape index (κ2) is 13.0. The van der Waals surface area contributed by atoms with Crippen LogP contribution in [0.3, 0.4) is 0 Å². The van der Waals surface area contributed by atoms with E-state index in [4.69, 9.17) is 9.90 Å². The number of aliphatic carboxylic acids is 1. The molecule has 2 aliphatic heterocycles. The lowest BCUT2D eigenvalue weighted by Crippen LogP contribution is -2.43. The van der Waals surface area contributed by atoms with Crippen LogP contribution in [0, 0.1) is 0 Å². The lowest BCUT2D eigenvalue weighted by molar-refractivity contribution is -0.192. The Bertz CT molecular complexity index is 1200. The van der Waals surface area contributed by atoms with Crippen LogP contribution >= 0.6 is 0 Å². The quantitative estimate of drug-likeness (QED) is 0.516. The number of nitrogens with zero attached hydrogens (tertiary/aromatic N) is 2. The van der Waals surface area contributed by atoms with Crippen molar-refractivity contribution in [2.45, 2.75) is 36.8 Å². The first-order valence-corrected chi connectivity index (χ1v) is 13.7. The number of rotatable bonds is 5. The number of piperazine rings is 1. The van der Waals surface area contributed by atoms with E-state index in [0.29, 0.717) is 11.3 Å². The van der Waals surface area contributed by atoms with Crippen molar-refractivity contribution in [3.8, 4) is 0 Å². The number of hydrogen-bond donors (Lipinski definition) is 3. The Kier molecular flexibility index (Phi) is 9.97. The molecule has 38 heavy (non-hydrogen) atoms. The van der Waals surface area contributed by atoms with Crippen LogP contribution in [0.1, 0.15) is 36.0 Å². The first kappa shape index (κ1) is 29.2. The number of carbonyl (C=O) groups excluding carboxylic acids is 1. The van der Waals surface area contributed by atoms with Gasteiger partial charge in [0, 0.05) is 44.8 Å². The average molecular weight is 557 g/mol. The molecule has 9 nitrogen and oxygen atoms in total. The van der Waals surface area contributed by atoms with E-state index in [2.05, 4.69) is 14.9 Å². The third kappa shape index (κ3) is 8.09. The number of halogens is 3. The third-order valence-electron chi connectivity index (χ3n) is 6.13. The van der Waals surface area contributed by atoms with Crippen LogP contribution in [0.15, 0.2) is 53.4 Å². The van der Waals surface area contributed by atoms with Crippen LogP contribution in [-0.2, 0) is 14.8 Å². The molecule has 0 saturated carbocycles. The number of alkyl halides is 3. The van der Waals surface area contributed by atoms with Crippen molar-refractivity contribution in [2.24, 2.45) is 0 Å². The van der Waals surface area contributed by atoms with Gasteiger partial charge in [-0.05, 0) is 43.2 Å². The summed E-state index contributed by atoms with van der Waals surface area (Å²) in [7, 11) is -3.76. The predicted octanol–water partition coefficient (Wildman–Crippen LogP) is 3.55. The van der Waals surface area contributed by atoms with Gasteiger partial charge in [0.05, 0.1) is 16.3 Å². The zero-order valence-electron chi connectivity index (χ0n) is 20.7. The van der Waals surface area contributed by atoms with E-state index >= 15 is 0 Å². The van der Waals surface area contributed by atoms with E-state index < -0.39 is 22.2 Å². The Balaban J connectivity index is 0.000000505. The van der Waals surface area contributed by atoms with Crippen molar-refractivity contribution in [1.29, 1.82) is 0 Å². The molecule has 0 atom stereocenters. The number of nitrogens with one attached hydrogen (secondary N) is 2. The Labute approximate surface area is 219 Å². The molecule has 3 N–H and O–H groups in total. The van der Waals surface area contributed by atoms with E-state index in [1.54, 1.807) is 36.4 Å². The van der Waals surface area contributed by atoms with Crippen molar-refractivity contribution in [2.75, 3.05) is 48.9 Å². The number of carboxylic acids is 1. The van der Waals surface area contributed by atoms with Crippen LogP contribution in [0.5, 0.6) is 0 Å². The maximum absolute atomic E-state index is 13.2. The zero-order chi connectivity index (χ0) is 27.8. The summed E-state index contributed by atoms with van der Waals surface area (Å²) < 4.78 is 60.5. The molecule has 2 aromatic rings. The Morgan fingerprint density at radius 3 is 2.03 bits per heavy atom. The van der Waals surface area contributed by atoms with Gasteiger partial charge in [0.15, 0.2) is 0 Å². The van der Waals surface area contributed by atoms with Crippen molar-refractivity contribution < 1.29 is 36.3 Å². The van der Waals surface area contributed by atoms with Gasteiger partial charge in [-0.3, -0.25) is 9.52 Å². The topological polar surface area (TPSA) is 119 Å². The summed E-state index contributed by atoms with van der Waals surface area (Å²) in [6.07, 6.45) is -0.766. The maximum atomic E-state index is 13.2. The van der Waals surface area contributed by atoms with Crippen LogP contribution in [0.25, 0.3) is 0 Å². The normalized spacial score (nSPS) is 16.6. The number of carboxylic acid groups (broad SMARTS) is 1. The summed E-state index contributed by atoms with van der Waals surface area (Å²) in [6.45, 7) is 4.73. The number of likely N-dealkylation sites (tertiary alicyclic amines) is 1. The van der Waals surface area contributed by atoms with Gasteiger partial charge in [-0.15, -0.1) is 0 Å². The molecule has 13 heteroatoms. The van der Waals surface area contributed by atoms with E-state index in [0.717, 1.165) is 70.6 Å². The summed E-state index contributed by atoms with van der Waals surface area (Å²) in [5.41, 5.74) is 1.77. The second-order valence-corrected chi connectivity index (χ2v) is 10.6. The van der Waals surface area contributed by atoms with Crippen molar-refractivity contribution >= 4 is 33.3 Å². The minimum atomic E-state index is -5.08. The molecule has 0 aromatic heterocycles. The van der Waals surface area contributed by atoms with Crippen LogP contribution in [0.2, 0.25) is 0 Å². The largest absolute Gasteiger partial charge is 0.490 e. The molecule has 0 spiro atoms. The Morgan fingerprint density at radius 2 is 1.47 bits per heavy atom. The summed E-state index contributed by atoms with van der Waals surface area (Å²) in [4.78, 5) is 26.3. The van der Waals surface area contributed by atoms with Gasteiger partial charge in [0.1, 0.15) is 0 Å². The van der Waals surface area contributed by atoms with Gasteiger partial charge < -0.3 is 20.2 Å². The van der Waals surface area contributed by atoms with Crippen molar-refractivity contribution in [3.05, 3.63) is 54.1 Å². The second-order valence-electron chi connectivity index (χ2n) is 8.90. The fourth-order valence-corrected chi connectivity index (χ4v) is 5.28. The van der Waals surface area contributed by atoms with Gasteiger partial charge in [-0.2, -0.15) is 13.2 Å². The average Bonchev–Trinajstić information content (AvgIpc) is 3.19. The number of amides is 1. The van der Waals surface area contributed by atoms with Gasteiger partial charge in [0.2, 0.25) is 0 Å². The maximum Gasteiger partial charge on any atom is 0.490 e. The highest BCUT2D eigenvalue weighted by atomic mass is 32.2. The molecular formula is C25H31F3N4O5S. The SMILES string of the molecule is O=C(O)C(F)(F)F.O=C(c1ccc(N2CCNCC2)c(NS(=O)(=O)c2ccccc2)c1)N1CCCCCC1. The number of hydrogen-bond acceptors (Lipinski definition) is 6. The molecule has 2 saturated heterocycles. The first-order chi connectivity index (χ1) is 18.0. The molecule has 4 rings (SSSR count). The minimum absolute atomic E-state index is 0.0334. The number of benzene rings is 2. The van der Waals surface area contributed by atoms with Crippen LogP contribution in [0.4, 0.5) is 24.5 Å². The minimum Gasteiger partial charge on any atom is -0.475 e. The number of anilines is 2. The smallest absolute Gasteiger partial charge is 0.475 e. The fraction of sp³-hybridized carbons (Fsp3) is 0.440. The highest BCUT2D eigenvalue weighted by molar-refractivity contribution is 7.92. The molecule has 2 fully saturated rings.